The van der Waals surface area contributed by atoms with Crippen molar-refractivity contribution in [3.05, 3.63) is 222 Å². The topological polar surface area (TPSA) is 30.7 Å². The summed E-state index contributed by atoms with van der Waals surface area (Å²) in [5.74, 6) is 0.643. The van der Waals surface area contributed by atoms with E-state index in [1.165, 1.54) is 27.5 Å². The lowest BCUT2D eigenvalue weighted by Crippen LogP contribution is -2.31. The van der Waals surface area contributed by atoms with Crippen molar-refractivity contribution in [1.29, 1.82) is 0 Å². The Hall–Kier alpha value is -6.58. The Morgan fingerprint density at radius 1 is 0.340 bits per heavy atom. The largest absolute Gasteiger partial charge is 0.278 e. The normalized spacial score (nSPS) is 11.6. The lowest BCUT2D eigenvalue weighted by Gasteiger charge is -2.37. The smallest absolute Gasteiger partial charge is 0.235 e. The molecular formula is C47H33N3. The fourth-order valence-corrected chi connectivity index (χ4v) is 7.55. The van der Waals surface area contributed by atoms with Crippen molar-refractivity contribution in [2.75, 3.05) is 0 Å². The van der Waals surface area contributed by atoms with Crippen LogP contribution in [0.3, 0.4) is 0 Å². The zero-order chi connectivity index (χ0) is 33.3. The highest BCUT2D eigenvalue weighted by Gasteiger charge is 2.38. The predicted octanol–water partition coefficient (Wildman–Crippen LogP) is 11.3. The Labute approximate surface area is 291 Å². The first-order valence-electron chi connectivity index (χ1n) is 17.0. The quantitative estimate of drug-likeness (QED) is 0.162. The molecule has 50 heavy (non-hydrogen) atoms. The first-order chi connectivity index (χ1) is 24.8. The van der Waals surface area contributed by atoms with Crippen molar-refractivity contribution in [3.63, 3.8) is 0 Å². The molecule has 9 aromatic rings. The molecule has 0 spiro atoms. The molecule has 3 heteroatoms. The fourth-order valence-electron chi connectivity index (χ4n) is 7.55. The van der Waals surface area contributed by atoms with Crippen molar-refractivity contribution in [2.45, 2.75) is 5.41 Å². The average Bonchev–Trinajstić information content (AvgIpc) is 3.54. The number of hydrogen-bond acceptors (Lipinski definition) is 2. The molecule has 0 bridgehead atoms. The van der Waals surface area contributed by atoms with Crippen molar-refractivity contribution in [3.8, 4) is 28.5 Å². The highest BCUT2D eigenvalue weighted by atomic mass is 15.2. The average molecular weight is 640 g/mol. The van der Waals surface area contributed by atoms with Gasteiger partial charge in [-0.05, 0) is 46.5 Å². The van der Waals surface area contributed by atoms with Crippen LogP contribution in [-0.4, -0.2) is 14.5 Å². The molecule has 0 atom stereocenters. The molecule has 0 N–H and O–H groups in total. The highest BCUT2D eigenvalue weighted by Crippen LogP contribution is 2.46. The molecule has 0 aliphatic carbocycles. The molecule has 0 saturated carbocycles. The Morgan fingerprint density at radius 3 is 1.26 bits per heavy atom. The summed E-state index contributed by atoms with van der Waals surface area (Å²) in [7, 11) is 0. The second kappa shape index (κ2) is 12.5. The molecule has 0 unspecified atom stereocenters. The van der Waals surface area contributed by atoms with Crippen molar-refractivity contribution in [1.82, 2.24) is 14.5 Å². The summed E-state index contributed by atoms with van der Waals surface area (Å²) in [6, 6.07) is 70.9. The minimum atomic E-state index is -0.565. The van der Waals surface area contributed by atoms with Crippen LogP contribution in [0.25, 0.3) is 50.3 Å². The van der Waals surface area contributed by atoms with E-state index < -0.39 is 5.41 Å². The number of rotatable bonds is 7. The lowest BCUT2D eigenvalue weighted by atomic mass is 9.65. The summed E-state index contributed by atoms with van der Waals surface area (Å²) in [4.78, 5) is 10.6. The molecule has 2 aromatic heterocycles. The summed E-state index contributed by atoms with van der Waals surface area (Å²) in [6.45, 7) is 0. The molecule has 236 valence electrons. The first kappa shape index (κ1) is 29.6. The summed E-state index contributed by atoms with van der Waals surface area (Å²) >= 11 is 0. The SMILES string of the molecule is c1ccc(-c2cc(-c3cccc(C(c4ccccc4)(c4ccccc4)c4ccccc4)c3)nc(-n3c4ccccc4c4ccccc43)n2)cc1. The molecule has 0 saturated heterocycles. The molecule has 2 heterocycles. The lowest BCUT2D eigenvalue weighted by molar-refractivity contribution is 0.745. The van der Waals surface area contributed by atoms with Crippen molar-refractivity contribution in [2.24, 2.45) is 0 Å². The summed E-state index contributed by atoms with van der Waals surface area (Å²) < 4.78 is 2.20. The van der Waals surface area contributed by atoms with Crippen LogP contribution in [0, 0.1) is 0 Å². The Balaban J connectivity index is 1.32. The van der Waals surface area contributed by atoms with Crippen molar-refractivity contribution < 1.29 is 0 Å². The number of benzene rings is 7. The summed E-state index contributed by atoms with van der Waals surface area (Å²) in [5, 5.41) is 2.36. The predicted molar refractivity (Wildman–Crippen MR) is 206 cm³/mol. The molecule has 0 aliphatic rings. The minimum Gasteiger partial charge on any atom is -0.278 e. The van der Waals surface area contributed by atoms with Gasteiger partial charge in [0.1, 0.15) is 0 Å². The minimum absolute atomic E-state index is 0.565. The zero-order valence-corrected chi connectivity index (χ0v) is 27.4. The van der Waals surface area contributed by atoms with E-state index in [0.29, 0.717) is 5.95 Å². The van der Waals surface area contributed by atoms with Crippen LogP contribution in [0.4, 0.5) is 0 Å². The standard InChI is InChI=1S/C47H33N3/c1-5-18-34(19-6-1)42-33-43(49-46(48-42)50-44-30-15-13-28-40(44)41-29-14-16-31-45(41)50)35-20-17-27-39(32-35)47(36-21-7-2-8-22-36,37-23-9-3-10-24-37)38-25-11-4-12-26-38/h1-33H. The van der Waals surface area contributed by atoms with E-state index in [0.717, 1.165) is 39.1 Å². The molecule has 3 nitrogen and oxygen atoms in total. The maximum Gasteiger partial charge on any atom is 0.235 e. The van der Waals surface area contributed by atoms with Gasteiger partial charge in [-0.25, -0.2) is 9.97 Å². The molecule has 0 radical (unpaired) electrons. The molecule has 9 rings (SSSR count). The van der Waals surface area contributed by atoms with Crippen LogP contribution in [0.1, 0.15) is 22.3 Å². The van der Waals surface area contributed by atoms with Gasteiger partial charge in [0, 0.05) is 21.9 Å². The maximum atomic E-state index is 5.37. The van der Waals surface area contributed by atoms with Gasteiger partial charge in [0.05, 0.1) is 27.8 Å². The monoisotopic (exact) mass is 639 g/mol. The number of para-hydroxylation sites is 2. The van der Waals surface area contributed by atoms with Crippen molar-refractivity contribution >= 4 is 21.8 Å². The van der Waals surface area contributed by atoms with Gasteiger partial charge in [0.25, 0.3) is 0 Å². The van der Waals surface area contributed by atoms with E-state index in [4.69, 9.17) is 9.97 Å². The van der Waals surface area contributed by atoms with E-state index >= 15 is 0 Å². The van der Waals surface area contributed by atoms with Crippen LogP contribution in [0.2, 0.25) is 0 Å². The third-order valence-corrected chi connectivity index (χ3v) is 9.78. The molecule has 0 fully saturated rings. The molecule has 7 aromatic carbocycles. The van der Waals surface area contributed by atoms with Gasteiger partial charge in [0.2, 0.25) is 5.95 Å². The van der Waals surface area contributed by atoms with Crippen LogP contribution < -0.4 is 0 Å². The van der Waals surface area contributed by atoms with Crippen LogP contribution in [-0.2, 0) is 5.41 Å². The third-order valence-electron chi connectivity index (χ3n) is 9.78. The summed E-state index contributed by atoms with van der Waals surface area (Å²) in [6.07, 6.45) is 0. The Kier molecular flexibility index (Phi) is 7.37. The van der Waals surface area contributed by atoms with E-state index in [-0.39, 0.29) is 0 Å². The first-order valence-corrected chi connectivity index (χ1v) is 17.0. The van der Waals surface area contributed by atoms with Gasteiger partial charge < -0.3 is 0 Å². The van der Waals surface area contributed by atoms with Gasteiger partial charge in [-0.1, -0.05) is 176 Å². The van der Waals surface area contributed by atoms with E-state index in [1.54, 1.807) is 0 Å². The fraction of sp³-hybridized carbons (Fsp3) is 0.0213. The van der Waals surface area contributed by atoms with Crippen LogP contribution >= 0.6 is 0 Å². The van der Waals surface area contributed by atoms with E-state index in [2.05, 4.69) is 199 Å². The number of nitrogens with zero attached hydrogens (tertiary/aromatic N) is 3. The number of fused-ring (bicyclic) bond motifs is 3. The summed E-state index contributed by atoms with van der Waals surface area (Å²) in [5.41, 5.74) is 10.2. The van der Waals surface area contributed by atoms with Crippen LogP contribution in [0.5, 0.6) is 0 Å². The Morgan fingerprint density at radius 2 is 0.740 bits per heavy atom. The van der Waals surface area contributed by atoms with Gasteiger partial charge >= 0.3 is 0 Å². The Bertz CT molecular complexity index is 2420. The molecule has 0 amide bonds. The number of aromatic nitrogens is 3. The van der Waals surface area contributed by atoms with E-state index in [9.17, 15) is 0 Å². The van der Waals surface area contributed by atoms with Gasteiger partial charge in [-0.2, -0.15) is 0 Å². The third kappa shape index (κ3) is 4.91. The van der Waals surface area contributed by atoms with E-state index in [1.807, 2.05) is 6.07 Å². The molecule has 0 aliphatic heterocycles. The van der Waals surface area contributed by atoms with Crippen LogP contribution in [0.15, 0.2) is 200 Å². The molecular weight excluding hydrogens is 607 g/mol. The van der Waals surface area contributed by atoms with Gasteiger partial charge in [0.15, 0.2) is 0 Å². The number of hydrogen-bond donors (Lipinski definition) is 0. The maximum absolute atomic E-state index is 5.37. The second-order valence-electron chi connectivity index (χ2n) is 12.6. The van der Waals surface area contributed by atoms with Gasteiger partial charge in [-0.15, -0.1) is 0 Å². The highest BCUT2D eigenvalue weighted by molar-refractivity contribution is 6.09. The zero-order valence-electron chi connectivity index (χ0n) is 27.4. The second-order valence-corrected chi connectivity index (χ2v) is 12.6. The van der Waals surface area contributed by atoms with Gasteiger partial charge in [-0.3, -0.25) is 4.57 Å².